The van der Waals surface area contributed by atoms with Crippen LogP contribution in [0.5, 0.6) is 0 Å². The Balaban J connectivity index is 0.00000128. The summed E-state index contributed by atoms with van der Waals surface area (Å²) in [4.78, 5) is 0. The van der Waals surface area contributed by atoms with E-state index in [9.17, 15) is 8.42 Å². The Morgan fingerprint density at radius 1 is 1.44 bits per heavy atom. The van der Waals surface area contributed by atoms with Crippen LogP contribution in [0.4, 0.5) is 0 Å². The van der Waals surface area contributed by atoms with Gasteiger partial charge in [-0.2, -0.15) is 0 Å². The summed E-state index contributed by atoms with van der Waals surface area (Å²) in [5.74, 6) is 0. The molecule has 2 rings (SSSR count). The van der Waals surface area contributed by atoms with E-state index in [1.54, 1.807) is 0 Å². The molecule has 16 heavy (non-hydrogen) atoms. The predicted molar refractivity (Wildman–Crippen MR) is 67.4 cm³/mol. The fraction of sp³-hybridized carbons (Fsp3) is 1.00. The number of piperidine rings is 1. The maximum absolute atomic E-state index is 11.6. The summed E-state index contributed by atoms with van der Waals surface area (Å²) in [6.07, 6.45) is 3.92. The molecular weight excluding hydrogens is 248 g/mol. The van der Waals surface area contributed by atoms with Crippen LogP contribution in [0.15, 0.2) is 0 Å². The van der Waals surface area contributed by atoms with Crippen LogP contribution in [0, 0.1) is 5.41 Å². The highest BCUT2D eigenvalue weighted by Crippen LogP contribution is 2.29. The Labute approximate surface area is 104 Å². The van der Waals surface area contributed by atoms with E-state index in [2.05, 4.69) is 17.0 Å². The summed E-state index contributed by atoms with van der Waals surface area (Å²) in [6, 6.07) is 0. The van der Waals surface area contributed by atoms with Gasteiger partial charge in [-0.3, -0.25) is 0 Å². The van der Waals surface area contributed by atoms with Crippen LogP contribution in [0.25, 0.3) is 0 Å². The van der Waals surface area contributed by atoms with Crippen LogP contribution in [0.2, 0.25) is 0 Å². The lowest BCUT2D eigenvalue weighted by Crippen LogP contribution is -2.46. The summed E-state index contributed by atoms with van der Waals surface area (Å²) in [7, 11) is -3.00. The summed E-state index contributed by atoms with van der Waals surface area (Å²) < 4.78 is 26.1. The van der Waals surface area contributed by atoms with Crippen molar-refractivity contribution < 1.29 is 8.42 Å². The molecule has 2 N–H and O–H groups in total. The Hall–Kier alpha value is 0.160. The SMILES string of the molecule is CC1(CNS(=O)(=O)C2CC2)CCCNC1.Cl. The first kappa shape index (κ1) is 14.2. The molecular formula is C10H21ClN2O2S. The van der Waals surface area contributed by atoms with Crippen LogP contribution in [-0.4, -0.2) is 33.3 Å². The molecule has 0 spiro atoms. The number of halogens is 1. The molecule has 0 bridgehead atoms. The summed E-state index contributed by atoms with van der Waals surface area (Å²) in [6.45, 7) is 4.71. The minimum absolute atomic E-state index is 0. The third-order valence-corrected chi connectivity index (χ3v) is 5.24. The molecule has 2 aliphatic rings. The van der Waals surface area contributed by atoms with Gasteiger partial charge >= 0.3 is 0 Å². The Bertz CT molecular complexity index is 322. The van der Waals surface area contributed by atoms with Gasteiger partial charge in [0.1, 0.15) is 0 Å². The number of hydrogen-bond donors (Lipinski definition) is 2. The lowest BCUT2D eigenvalue weighted by atomic mass is 9.83. The molecule has 0 amide bonds. The summed E-state index contributed by atoms with van der Waals surface area (Å²) in [5.41, 5.74) is 0.0974. The molecule has 1 atom stereocenters. The van der Waals surface area contributed by atoms with E-state index in [1.165, 1.54) is 0 Å². The number of nitrogens with one attached hydrogen (secondary N) is 2. The van der Waals surface area contributed by atoms with E-state index in [1.807, 2.05) is 0 Å². The summed E-state index contributed by atoms with van der Waals surface area (Å²) >= 11 is 0. The molecule has 0 aromatic rings. The standard InChI is InChI=1S/C10H20N2O2S.ClH/c1-10(5-2-6-11-7-10)8-12-15(13,14)9-3-4-9;/h9,11-12H,2-8H2,1H3;1H. The van der Waals surface area contributed by atoms with Gasteiger partial charge in [0.05, 0.1) is 5.25 Å². The normalized spacial score (nSPS) is 30.8. The average molecular weight is 269 g/mol. The van der Waals surface area contributed by atoms with Crippen molar-refractivity contribution in [3.8, 4) is 0 Å². The molecule has 0 aromatic carbocycles. The predicted octanol–water partition coefficient (Wildman–Crippen LogP) is 0.880. The summed E-state index contributed by atoms with van der Waals surface area (Å²) in [5, 5.41) is 3.22. The first-order valence-electron chi connectivity index (χ1n) is 5.71. The van der Waals surface area contributed by atoms with Crippen molar-refractivity contribution in [1.29, 1.82) is 0 Å². The van der Waals surface area contributed by atoms with Crippen molar-refractivity contribution in [3.05, 3.63) is 0 Å². The lowest BCUT2D eigenvalue weighted by Gasteiger charge is -2.34. The molecule has 1 saturated carbocycles. The van der Waals surface area contributed by atoms with Gasteiger partial charge in [-0.05, 0) is 37.6 Å². The van der Waals surface area contributed by atoms with Crippen molar-refractivity contribution in [1.82, 2.24) is 10.0 Å². The molecule has 2 fully saturated rings. The van der Waals surface area contributed by atoms with Crippen LogP contribution in [0.1, 0.15) is 32.6 Å². The fourth-order valence-electron chi connectivity index (χ4n) is 2.04. The molecule has 1 saturated heterocycles. The van der Waals surface area contributed by atoms with Crippen molar-refractivity contribution in [3.63, 3.8) is 0 Å². The fourth-order valence-corrected chi connectivity index (χ4v) is 3.58. The second-order valence-corrected chi connectivity index (χ2v) is 7.20. The largest absolute Gasteiger partial charge is 0.316 e. The topological polar surface area (TPSA) is 58.2 Å². The van der Waals surface area contributed by atoms with Gasteiger partial charge in [0.25, 0.3) is 0 Å². The zero-order valence-corrected chi connectivity index (χ0v) is 11.3. The molecule has 1 unspecified atom stereocenters. The third kappa shape index (κ3) is 3.58. The highest BCUT2D eigenvalue weighted by molar-refractivity contribution is 7.90. The maximum atomic E-state index is 11.6. The number of rotatable bonds is 4. The smallest absolute Gasteiger partial charge is 0.214 e. The van der Waals surface area contributed by atoms with Gasteiger partial charge in [-0.15, -0.1) is 12.4 Å². The van der Waals surface area contributed by atoms with Gasteiger partial charge in [0.15, 0.2) is 0 Å². The van der Waals surface area contributed by atoms with Gasteiger partial charge < -0.3 is 5.32 Å². The first-order valence-corrected chi connectivity index (χ1v) is 7.26. The second-order valence-electron chi connectivity index (χ2n) is 5.16. The van der Waals surface area contributed by atoms with Crippen molar-refractivity contribution in [2.45, 2.75) is 37.9 Å². The Morgan fingerprint density at radius 2 is 2.12 bits per heavy atom. The molecule has 6 heteroatoms. The van der Waals surface area contributed by atoms with Crippen LogP contribution < -0.4 is 10.0 Å². The van der Waals surface area contributed by atoms with E-state index in [4.69, 9.17) is 0 Å². The van der Waals surface area contributed by atoms with Crippen molar-refractivity contribution >= 4 is 22.4 Å². The second kappa shape index (κ2) is 5.21. The highest BCUT2D eigenvalue weighted by atomic mass is 35.5. The van der Waals surface area contributed by atoms with Gasteiger partial charge in [-0.1, -0.05) is 6.92 Å². The van der Waals surface area contributed by atoms with Crippen LogP contribution >= 0.6 is 12.4 Å². The molecule has 0 aromatic heterocycles. The molecule has 1 aliphatic carbocycles. The number of sulfonamides is 1. The molecule has 0 radical (unpaired) electrons. The highest BCUT2D eigenvalue weighted by Gasteiger charge is 2.37. The first-order chi connectivity index (χ1) is 7.02. The Kier molecular flexibility index (Phi) is 4.63. The minimum atomic E-state index is -3.00. The van der Waals surface area contributed by atoms with Crippen molar-refractivity contribution in [2.75, 3.05) is 19.6 Å². The third-order valence-electron chi connectivity index (χ3n) is 3.35. The minimum Gasteiger partial charge on any atom is -0.316 e. The zero-order valence-electron chi connectivity index (χ0n) is 9.66. The van der Waals surface area contributed by atoms with Crippen molar-refractivity contribution in [2.24, 2.45) is 5.41 Å². The van der Waals surface area contributed by atoms with Gasteiger partial charge in [0, 0.05) is 13.1 Å². The maximum Gasteiger partial charge on any atom is 0.214 e. The van der Waals surface area contributed by atoms with Crippen LogP contribution in [-0.2, 0) is 10.0 Å². The van der Waals surface area contributed by atoms with E-state index in [0.29, 0.717) is 6.54 Å². The van der Waals surface area contributed by atoms with E-state index in [-0.39, 0.29) is 23.1 Å². The quantitative estimate of drug-likeness (QED) is 0.796. The molecule has 1 aliphatic heterocycles. The van der Waals surface area contributed by atoms with E-state index < -0.39 is 10.0 Å². The molecule has 96 valence electrons. The van der Waals surface area contributed by atoms with E-state index in [0.717, 1.165) is 38.8 Å². The van der Waals surface area contributed by atoms with Gasteiger partial charge in [-0.25, -0.2) is 13.1 Å². The van der Waals surface area contributed by atoms with E-state index >= 15 is 0 Å². The van der Waals surface area contributed by atoms with Crippen LogP contribution in [0.3, 0.4) is 0 Å². The molecule has 4 nitrogen and oxygen atoms in total. The zero-order chi connectivity index (χ0) is 10.9. The Morgan fingerprint density at radius 3 is 2.62 bits per heavy atom. The molecule has 1 heterocycles. The average Bonchev–Trinajstić information content (AvgIpc) is 3.00. The lowest BCUT2D eigenvalue weighted by molar-refractivity contribution is 0.238. The monoisotopic (exact) mass is 268 g/mol. The van der Waals surface area contributed by atoms with Gasteiger partial charge in [0.2, 0.25) is 10.0 Å². The number of hydrogen-bond acceptors (Lipinski definition) is 3.